The van der Waals surface area contributed by atoms with Gasteiger partial charge in [-0.05, 0) is 42.5 Å². The van der Waals surface area contributed by atoms with Crippen molar-refractivity contribution in [3.63, 3.8) is 0 Å². The van der Waals surface area contributed by atoms with Crippen LogP contribution in [0.25, 0.3) is 11.4 Å². The lowest BCUT2D eigenvalue weighted by atomic mass is 10.2. The van der Waals surface area contributed by atoms with Gasteiger partial charge in [0.1, 0.15) is 11.5 Å². The van der Waals surface area contributed by atoms with Gasteiger partial charge in [0.15, 0.2) is 12.4 Å². The third-order valence-corrected chi connectivity index (χ3v) is 4.82. The zero-order valence-electron chi connectivity index (χ0n) is 17.2. The van der Waals surface area contributed by atoms with Gasteiger partial charge < -0.3 is 14.8 Å². The molecule has 32 heavy (non-hydrogen) atoms. The molecular formula is C23H20ClN5O3. The number of anilines is 1. The van der Waals surface area contributed by atoms with E-state index in [9.17, 15) is 4.79 Å². The Morgan fingerprint density at radius 3 is 2.66 bits per heavy atom. The lowest BCUT2D eigenvalue weighted by Crippen LogP contribution is -2.22. The molecule has 4 aromatic rings. The first kappa shape index (κ1) is 21.3. The van der Waals surface area contributed by atoms with Crippen molar-refractivity contribution in [1.82, 2.24) is 19.7 Å². The second kappa shape index (κ2) is 9.93. The number of nitrogens with one attached hydrogen (secondary N) is 1. The number of benzene rings is 2. The van der Waals surface area contributed by atoms with E-state index < -0.39 is 0 Å². The molecule has 0 aliphatic rings. The molecule has 1 N–H and O–H groups in total. The fourth-order valence-electron chi connectivity index (χ4n) is 2.98. The predicted octanol–water partition coefficient (Wildman–Crippen LogP) is 4.33. The summed E-state index contributed by atoms with van der Waals surface area (Å²) in [5.74, 6) is 1.54. The lowest BCUT2D eigenvalue weighted by molar-refractivity contribution is 0.0824. The third-order valence-electron chi connectivity index (χ3n) is 4.57. The maximum atomic E-state index is 12.9. The maximum Gasteiger partial charge on any atom is 0.287 e. The number of hydrogen-bond donors (Lipinski definition) is 1. The molecule has 0 spiro atoms. The summed E-state index contributed by atoms with van der Waals surface area (Å²) in [5.41, 5.74) is 1.61. The molecular weight excluding hydrogens is 430 g/mol. The van der Waals surface area contributed by atoms with E-state index in [0.717, 1.165) is 11.3 Å². The number of halogens is 1. The summed E-state index contributed by atoms with van der Waals surface area (Å²) in [6.07, 6.45) is 3.30. The van der Waals surface area contributed by atoms with Gasteiger partial charge in [-0.2, -0.15) is 9.67 Å². The maximum absolute atomic E-state index is 12.9. The first-order valence-corrected chi connectivity index (χ1v) is 10.2. The smallest absolute Gasteiger partial charge is 0.287 e. The van der Waals surface area contributed by atoms with Crippen LogP contribution in [-0.2, 0) is 6.54 Å². The van der Waals surface area contributed by atoms with Gasteiger partial charge in [0.05, 0.1) is 7.11 Å². The van der Waals surface area contributed by atoms with Gasteiger partial charge in [-0.25, -0.2) is 0 Å². The van der Waals surface area contributed by atoms with Crippen molar-refractivity contribution in [2.24, 2.45) is 0 Å². The van der Waals surface area contributed by atoms with E-state index in [2.05, 4.69) is 20.4 Å². The summed E-state index contributed by atoms with van der Waals surface area (Å²) in [6, 6.07) is 18.0. The number of hydrogen-bond acceptors (Lipinski definition) is 7. The summed E-state index contributed by atoms with van der Waals surface area (Å²) in [5, 5.41) is 8.15. The number of carbonyl (C=O) groups is 1. The molecule has 4 rings (SSSR count). The van der Waals surface area contributed by atoms with Crippen LogP contribution in [-0.4, -0.2) is 39.4 Å². The zero-order chi connectivity index (χ0) is 22.3. The second-order valence-corrected chi connectivity index (χ2v) is 7.15. The molecule has 2 heterocycles. The van der Waals surface area contributed by atoms with E-state index in [4.69, 9.17) is 21.1 Å². The number of aromatic nitrogens is 4. The molecule has 9 heteroatoms. The average Bonchev–Trinajstić information content (AvgIpc) is 3.27. The first-order valence-electron chi connectivity index (χ1n) is 9.79. The molecule has 162 valence electrons. The van der Waals surface area contributed by atoms with Crippen molar-refractivity contribution in [2.45, 2.75) is 6.54 Å². The number of para-hydroxylation sites is 1. The van der Waals surface area contributed by atoms with Gasteiger partial charge in [-0.1, -0.05) is 29.8 Å². The van der Waals surface area contributed by atoms with Crippen molar-refractivity contribution in [2.75, 3.05) is 19.0 Å². The number of nitrogens with zero attached hydrogens (tertiary/aromatic N) is 4. The minimum absolute atomic E-state index is 0.221. The Morgan fingerprint density at radius 1 is 1.09 bits per heavy atom. The highest BCUT2D eigenvalue weighted by molar-refractivity contribution is 6.30. The minimum Gasteiger partial charge on any atom is -0.496 e. The SMILES string of the molecule is COc1ccccc1CNc1nc(-c2cccnc2)nn1C(=O)COc1ccc(Cl)cc1. The summed E-state index contributed by atoms with van der Waals surface area (Å²) in [4.78, 5) is 21.5. The van der Waals surface area contributed by atoms with E-state index in [1.165, 1.54) is 4.68 Å². The number of pyridine rings is 1. The predicted molar refractivity (Wildman–Crippen MR) is 121 cm³/mol. The van der Waals surface area contributed by atoms with Crippen LogP contribution in [0.3, 0.4) is 0 Å². The van der Waals surface area contributed by atoms with E-state index in [0.29, 0.717) is 34.7 Å². The van der Waals surface area contributed by atoms with Crippen molar-refractivity contribution in [3.8, 4) is 22.9 Å². The van der Waals surface area contributed by atoms with Gasteiger partial charge in [-0.15, -0.1) is 5.10 Å². The summed E-state index contributed by atoms with van der Waals surface area (Å²) < 4.78 is 12.2. The Balaban J connectivity index is 1.56. The molecule has 0 unspecified atom stereocenters. The van der Waals surface area contributed by atoms with Crippen LogP contribution in [0.15, 0.2) is 73.1 Å². The van der Waals surface area contributed by atoms with Crippen LogP contribution in [0.5, 0.6) is 11.5 Å². The molecule has 8 nitrogen and oxygen atoms in total. The Morgan fingerprint density at radius 2 is 1.91 bits per heavy atom. The largest absolute Gasteiger partial charge is 0.496 e. The van der Waals surface area contributed by atoms with Gasteiger partial charge >= 0.3 is 0 Å². The number of ether oxygens (including phenoxy) is 2. The highest BCUT2D eigenvalue weighted by Crippen LogP contribution is 2.21. The summed E-state index contributed by atoms with van der Waals surface area (Å²) in [7, 11) is 1.61. The molecule has 0 aliphatic heterocycles. The molecule has 0 aliphatic carbocycles. The third kappa shape index (κ3) is 5.04. The van der Waals surface area contributed by atoms with E-state index in [-0.39, 0.29) is 12.5 Å². The molecule has 0 radical (unpaired) electrons. The lowest BCUT2D eigenvalue weighted by Gasteiger charge is -2.11. The van der Waals surface area contributed by atoms with Crippen LogP contribution in [0.4, 0.5) is 5.95 Å². The van der Waals surface area contributed by atoms with Crippen molar-refractivity contribution in [3.05, 3.63) is 83.6 Å². The summed E-state index contributed by atoms with van der Waals surface area (Å²) in [6.45, 7) is 0.168. The zero-order valence-corrected chi connectivity index (χ0v) is 18.0. The fraction of sp³-hybridized carbons (Fsp3) is 0.130. The molecule has 0 atom stereocenters. The number of rotatable bonds is 8. The van der Waals surface area contributed by atoms with E-state index in [1.54, 1.807) is 49.8 Å². The summed E-state index contributed by atoms with van der Waals surface area (Å²) >= 11 is 5.89. The van der Waals surface area contributed by atoms with Crippen LogP contribution in [0.1, 0.15) is 10.4 Å². The minimum atomic E-state index is -0.384. The molecule has 0 bridgehead atoms. The first-order chi connectivity index (χ1) is 15.6. The molecule has 0 fully saturated rings. The highest BCUT2D eigenvalue weighted by atomic mass is 35.5. The topological polar surface area (TPSA) is 91.2 Å². The molecule has 0 saturated carbocycles. The Bertz CT molecular complexity index is 1200. The molecule has 0 saturated heterocycles. The fourth-order valence-corrected chi connectivity index (χ4v) is 3.10. The Kier molecular flexibility index (Phi) is 6.62. The normalized spacial score (nSPS) is 10.6. The van der Waals surface area contributed by atoms with Crippen molar-refractivity contribution in [1.29, 1.82) is 0 Å². The van der Waals surface area contributed by atoms with Crippen molar-refractivity contribution < 1.29 is 14.3 Å². The Labute approximate surface area is 189 Å². The monoisotopic (exact) mass is 449 g/mol. The van der Waals surface area contributed by atoms with Crippen molar-refractivity contribution >= 4 is 23.5 Å². The van der Waals surface area contributed by atoms with Crippen LogP contribution >= 0.6 is 11.6 Å². The highest BCUT2D eigenvalue weighted by Gasteiger charge is 2.18. The van der Waals surface area contributed by atoms with Crippen LogP contribution in [0.2, 0.25) is 5.02 Å². The molecule has 0 amide bonds. The van der Waals surface area contributed by atoms with Crippen LogP contribution in [0, 0.1) is 0 Å². The van der Waals surface area contributed by atoms with Gasteiger partial charge in [0.2, 0.25) is 5.95 Å². The van der Waals surface area contributed by atoms with Gasteiger partial charge in [0.25, 0.3) is 5.91 Å². The average molecular weight is 450 g/mol. The number of carbonyl (C=O) groups excluding carboxylic acids is 1. The standard InChI is InChI=1S/C23H20ClN5O3/c1-31-20-7-3-2-5-16(20)14-26-23-27-22(17-6-4-12-25-13-17)28-29(23)21(30)15-32-19-10-8-18(24)9-11-19/h2-13H,14-15H2,1H3,(H,26,27,28). The van der Waals surface area contributed by atoms with Crippen LogP contribution < -0.4 is 14.8 Å². The molecule has 2 aromatic carbocycles. The van der Waals surface area contributed by atoms with Gasteiger partial charge in [-0.3, -0.25) is 9.78 Å². The number of methoxy groups -OCH3 is 1. The van der Waals surface area contributed by atoms with E-state index in [1.807, 2.05) is 30.3 Å². The van der Waals surface area contributed by atoms with E-state index >= 15 is 0 Å². The quantitative estimate of drug-likeness (QED) is 0.428. The molecule has 2 aromatic heterocycles. The second-order valence-electron chi connectivity index (χ2n) is 6.71. The Hall–Kier alpha value is -3.91. The van der Waals surface area contributed by atoms with Gasteiger partial charge in [0, 0.05) is 35.1 Å².